The highest BCUT2D eigenvalue weighted by Crippen LogP contribution is 2.25. The molecule has 0 aliphatic carbocycles. The van der Waals surface area contributed by atoms with Crippen molar-refractivity contribution in [2.75, 3.05) is 0 Å². The van der Waals surface area contributed by atoms with Crippen LogP contribution >= 0.6 is 11.3 Å². The first-order chi connectivity index (χ1) is 7.38. The van der Waals surface area contributed by atoms with Crippen LogP contribution in [0.4, 0.5) is 0 Å². The Morgan fingerprint density at radius 2 is 2.47 bits per heavy atom. The molecule has 4 nitrogen and oxygen atoms in total. The highest BCUT2D eigenvalue weighted by atomic mass is 32.1. The molecule has 0 atom stereocenters. The quantitative estimate of drug-likeness (QED) is 0.787. The van der Waals surface area contributed by atoms with Crippen LogP contribution in [-0.4, -0.2) is 20.9 Å². The predicted molar refractivity (Wildman–Crippen MR) is 58.7 cm³/mol. The first-order valence-corrected chi connectivity index (χ1v) is 5.52. The Kier molecular flexibility index (Phi) is 1.93. The van der Waals surface area contributed by atoms with Gasteiger partial charge in [-0.3, -0.25) is 9.56 Å². The number of aliphatic hydroxyl groups is 1. The SMILES string of the molecule is OCc1cn2c(n1)CN=Cc1ccsc1-2. The van der Waals surface area contributed by atoms with E-state index in [2.05, 4.69) is 9.98 Å². The Labute approximate surface area is 90.5 Å². The zero-order chi connectivity index (χ0) is 10.3. The fourth-order valence-corrected chi connectivity index (χ4v) is 2.54. The number of aliphatic hydroxyl groups excluding tert-OH is 1. The Morgan fingerprint density at radius 1 is 1.53 bits per heavy atom. The van der Waals surface area contributed by atoms with E-state index in [1.807, 2.05) is 28.4 Å². The van der Waals surface area contributed by atoms with Crippen molar-refractivity contribution < 1.29 is 5.11 Å². The molecule has 2 aromatic heterocycles. The van der Waals surface area contributed by atoms with Crippen LogP contribution in [0.2, 0.25) is 0 Å². The fraction of sp³-hybridized carbons (Fsp3) is 0.200. The number of rotatable bonds is 1. The standard InChI is InChI=1S/C10H9N3OS/c14-6-8-5-13-9(12-8)4-11-3-7-1-2-15-10(7)13/h1-3,5,14H,4,6H2. The molecule has 0 saturated heterocycles. The average Bonchev–Trinajstić information content (AvgIpc) is 2.82. The molecule has 0 fully saturated rings. The van der Waals surface area contributed by atoms with Crippen LogP contribution in [0.25, 0.3) is 5.00 Å². The van der Waals surface area contributed by atoms with Crippen LogP contribution in [0.15, 0.2) is 22.6 Å². The van der Waals surface area contributed by atoms with E-state index in [-0.39, 0.29) is 6.61 Å². The summed E-state index contributed by atoms with van der Waals surface area (Å²) < 4.78 is 2.01. The minimum atomic E-state index is -0.0234. The minimum Gasteiger partial charge on any atom is -0.390 e. The predicted octanol–water partition coefficient (Wildman–Crippen LogP) is 1.36. The molecule has 0 aromatic carbocycles. The highest BCUT2D eigenvalue weighted by molar-refractivity contribution is 7.13. The van der Waals surface area contributed by atoms with Gasteiger partial charge in [0.2, 0.25) is 0 Å². The van der Waals surface area contributed by atoms with Crippen molar-refractivity contribution in [3.63, 3.8) is 0 Å². The van der Waals surface area contributed by atoms with Crippen molar-refractivity contribution in [3.05, 3.63) is 34.7 Å². The summed E-state index contributed by atoms with van der Waals surface area (Å²) in [5.74, 6) is 0.886. The molecular weight excluding hydrogens is 210 g/mol. The third kappa shape index (κ3) is 1.32. The summed E-state index contributed by atoms with van der Waals surface area (Å²) in [4.78, 5) is 8.60. The highest BCUT2D eigenvalue weighted by Gasteiger charge is 2.14. The smallest absolute Gasteiger partial charge is 0.136 e. The van der Waals surface area contributed by atoms with E-state index in [0.717, 1.165) is 16.4 Å². The number of hydrogen-bond donors (Lipinski definition) is 1. The third-order valence-corrected chi connectivity index (χ3v) is 3.27. The normalized spacial score (nSPS) is 13.4. The number of nitrogens with zero attached hydrogens (tertiary/aromatic N) is 3. The molecule has 5 heteroatoms. The molecule has 3 heterocycles. The molecule has 1 N–H and O–H groups in total. The van der Waals surface area contributed by atoms with Crippen LogP contribution in [-0.2, 0) is 13.2 Å². The van der Waals surface area contributed by atoms with Gasteiger partial charge in [-0.2, -0.15) is 0 Å². The lowest BCUT2D eigenvalue weighted by Gasteiger charge is -2.00. The van der Waals surface area contributed by atoms with E-state index in [9.17, 15) is 0 Å². The topological polar surface area (TPSA) is 50.4 Å². The second kappa shape index (κ2) is 3.29. The largest absolute Gasteiger partial charge is 0.390 e. The van der Waals surface area contributed by atoms with Gasteiger partial charge in [0.25, 0.3) is 0 Å². The molecule has 1 aliphatic rings. The summed E-state index contributed by atoms with van der Waals surface area (Å²) in [6.45, 7) is 0.547. The van der Waals surface area contributed by atoms with Gasteiger partial charge in [0.1, 0.15) is 10.8 Å². The average molecular weight is 219 g/mol. The van der Waals surface area contributed by atoms with Crippen molar-refractivity contribution in [3.8, 4) is 5.00 Å². The number of aliphatic imine (C=N–C) groups is 1. The van der Waals surface area contributed by atoms with E-state index in [1.165, 1.54) is 0 Å². The number of fused-ring (bicyclic) bond motifs is 3. The van der Waals surface area contributed by atoms with Gasteiger partial charge in [-0.05, 0) is 11.4 Å². The summed E-state index contributed by atoms with van der Waals surface area (Å²) in [5, 5.41) is 12.2. The van der Waals surface area contributed by atoms with Crippen molar-refractivity contribution in [2.45, 2.75) is 13.2 Å². The molecule has 0 spiro atoms. The van der Waals surface area contributed by atoms with Gasteiger partial charge in [0.15, 0.2) is 0 Å². The van der Waals surface area contributed by atoms with Gasteiger partial charge in [0.05, 0.1) is 18.8 Å². The molecule has 2 aromatic rings. The van der Waals surface area contributed by atoms with Gasteiger partial charge in [0, 0.05) is 18.0 Å². The van der Waals surface area contributed by atoms with Crippen LogP contribution < -0.4 is 0 Å². The van der Waals surface area contributed by atoms with E-state index < -0.39 is 0 Å². The Bertz CT molecular complexity index is 527. The molecule has 3 rings (SSSR count). The number of aromatic nitrogens is 2. The van der Waals surface area contributed by atoms with Crippen molar-refractivity contribution in [2.24, 2.45) is 4.99 Å². The van der Waals surface area contributed by atoms with Crippen LogP contribution in [0.1, 0.15) is 17.1 Å². The van der Waals surface area contributed by atoms with E-state index in [1.54, 1.807) is 11.3 Å². The second-order valence-electron chi connectivity index (χ2n) is 3.33. The van der Waals surface area contributed by atoms with Gasteiger partial charge < -0.3 is 5.11 Å². The maximum atomic E-state index is 9.04. The van der Waals surface area contributed by atoms with Crippen LogP contribution in [0, 0.1) is 0 Å². The molecule has 15 heavy (non-hydrogen) atoms. The van der Waals surface area contributed by atoms with Crippen molar-refractivity contribution in [1.82, 2.24) is 9.55 Å². The van der Waals surface area contributed by atoms with Crippen molar-refractivity contribution in [1.29, 1.82) is 0 Å². The summed E-state index contributed by atoms with van der Waals surface area (Å²) >= 11 is 1.66. The van der Waals surface area contributed by atoms with Gasteiger partial charge in [-0.25, -0.2) is 4.98 Å². The maximum Gasteiger partial charge on any atom is 0.136 e. The zero-order valence-electron chi connectivity index (χ0n) is 7.92. The lowest BCUT2D eigenvalue weighted by atomic mass is 10.3. The molecule has 0 amide bonds. The van der Waals surface area contributed by atoms with E-state index in [4.69, 9.17) is 5.11 Å². The molecular formula is C10H9N3OS. The summed E-state index contributed by atoms with van der Waals surface area (Å²) in [6.07, 6.45) is 3.75. The van der Waals surface area contributed by atoms with Crippen LogP contribution in [0.5, 0.6) is 0 Å². The minimum absolute atomic E-state index is 0.0234. The lowest BCUT2D eigenvalue weighted by molar-refractivity contribution is 0.277. The monoisotopic (exact) mass is 219 g/mol. The summed E-state index contributed by atoms with van der Waals surface area (Å²) in [5.41, 5.74) is 1.81. The Hall–Kier alpha value is -1.46. The third-order valence-electron chi connectivity index (χ3n) is 2.35. The molecule has 76 valence electrons. The Morgan fingerprint density at radius 3 is 3.33 bits per heavy atom. The van der Waals surface area contributed by atoms with Crippen LogP contribution in [0.3, 0.4) is 0 Å². The molecule has 1 aliphatic heterocycles. The molecule has 0 saturated carbocycles. The van der Waals surface area contributed by atoms with Gasteiger partial charge in [-0.15, -0.1) is 11.3 Å². The number of imidazole rings is 1. The Balaban J connectivity index is 2.23. The second-order valence-corrected chi connectivity index (χ2v) is 4.22. The molecule has 0 bridgehead atoms. The fourth-order valence-electron chi connectivity index (χ4n) is 1.67. The van der Waals surface area contributed by atoms with E-state index >= 15 is 0 Å². The summed E-state index contributed by atoms with van der Waals surface area (Å²) in [6, 6.07) is 2.04. The lowest BCUT2D eigenvalue weighted by Crippen LogP contribution is -1.96. The first kappa shape index (κ1) is 8.82. The molecule has 0 radical (unpaired) electrons. The summed E-state index contributed by atoms with van der Waals surface area (Å²) in [7, 11) is 0. The molecule has 0 unspecified atom stereocenters. The van der Waals surface area contributed by atoms with Crippen molar-refractivity contribution >= 4 is 17.6 Å². The number of thiophene rings is 1. The van der Waals surface area contributed by atoms with Gasteiger partial charge in [-0.1, -0.05) is 0 Å². The number of hydrogen-bond acceptors (Lipinski definition) is 4. The van der Waals surface area contributed by atoms with E-state index in [0.29, 0.717) is 12.2 Å². The first-order valence-electron chi connectivity index (χ1n) is 4.64. The maximum absolute atomic E-state index is 9.04. The zero-order valence-corrected chi connectivity index (χ0v) is 8.74. The van der Waals surface area contributed by atoms with Gasteiger partial charge >= 0.3 is 0 Å².